The lowest BCUT2D eigenvalue weighted by Gasteiger charge is -2.30. The van der Waals surface area contributed by atoms with E-state index in [1.54, 1.807) is 0 Å². The second-order valence-corrected chi connectivity index (χ2v) is 6.28. The summed E-state index contributed by atoms with van der Waals surface area (Å²) in [6.07, 6.45) is 3.24. The molecule has 2 heterocycles. The fourth-order valence-corrected chi connectivity index (χ4v) is 3.06. The van der Waals surface area contributed by atoms with Gasteiger partial charge in [0.15, 0.2) is 22.5 Å². The molecule has 1 saturated carbocycles. The third kappa shape index (κ3) is 2.73. The molecule has 24 heavy (non-hydrogen) atoms. The van der Waals surface area contributed by atoms with E-state index in [0.29, 0.717) is 18.0 Å². The Morgan fingerprint density at radius 1 is 1.29 bits per heavy atom. The zero-order valence-corrected chi connectivity index (χ0v) is 13.5. The van der Waals surface area contributed by atoms with Gasteiger partial charge in [0.2, 0.25) is 18.6 Å². The predicted octanol–water partition coefficient (Wildman–Crippen LogP) is 1.01. The number of ether oxygens (including phenoxy) is 2. The highest BCUT2D eigenvalue weighted by Gasteiger charge is 2.44. The van der Waals surface area contributed by atoms with Gasteiger partial charge >= 0.3 is 0 Å². The summed E-state index contributed by atoms with van der Waals surface area (Å²) in [5.74, 6) is -0.249. The minimum atomic E-state index is -0.925. The number of rotatable bonds is 4. The maximum absolute atomic E-state index is 12.5. The largest absolute Gasteiger partial charge is 0.454 e. The van der Waals surface area contributed by atoms with Crippen molar-refractivity contribution in [2.24, 2.45) is 10.9 Å². The first-order chi connectivity index (χ1) is 11.6. The molecule has 1 aromatic rings. The van der Waals surface area contributed by atoms with Gasteiger partial charge in [-0.3, -0.25) is 19.5 Å². The molecule has 2 aliphatic heterocycles. The van der Waals surface area contributed by atoms with Crippen molar-refractivity contribution < 1.29 is 19.1 Å². The molecule has 124 valence electrons. The number of amides is 2. The van der Waals surface area contributed by atoms with Crippen LogP contribution in [0.15, 0.2) is 23.2 Å². The molecule has 0 spiro atoms. The van der Waals surface area contributed by atoms with Crippen LogP contribution in [0.3, 0.4) is 0 Å². The van der Waals surface area contributed by atoms with Crippen molar-refractivity contribution in [2.45, 2.75) is 25.4 Å². The summed E-state index contributed by atoms with van der Waals surface area (Å²) in [7, 11) is 0. The van der Waals surface area contributed by atoms with Crippen molar-refractivity contribution in [3.63, 3.8) is 0 Å². The van der Waals surface area contributed by atoms with Crippen LogP contribution in [0.25, 0.3) is 0 Å². The van der Waals surface area contributed by atoms with Crippen LogP contribution >= 0.6 is 12.2 Å². The van der Waals surface area contributed by atoms with Gasteiger partial charge in [-0.15, -0.1) is 0 Å². The Bertz CT molecular complexity index is 760. The summed E-state index contributed by atoms with van der Waals surface area (Å²) in [4.78, 5) is 30.3. The van der Waals surface area contributed by atoms with E-state index < -0.39 is 11.8 Å². The van der Waals surface area contributed by atoms with Gasteiger partial charge < -0.3 is 14.8 Å². The molecule has 1 saturated heterocycles. The number of hydrogen-bond acceptors (Lipinski definition) is 6. The molecule has 1 aromatic carbocycles. The van der Waals surface area contributed by atoms with Gasteiger partial charge in [0.25, 0.3) is 0 Å². The van der Waals surface area contributed by atoms with Crippen LogP contribution in [0, 0.1) is 5.92 Å². The Balaban J connectivity index is 1.45. The van der Waals surface area contributed by atoms with E-state index in [-0.39, 0.29) is 23.9 Å². The number of hydrogen-bond donors (Lipinski definition) is 1. The lowest BCUT2D eigenvalue weighted by Crippen LogP contribution is -2.58. The molecule has 2 amide bonds. The van der Waals surface area contributed by atoms with Gasteiger partial charge in [0.05, 0.1) is 6.54 Å². The topological polar surface area (TPSA) is 80.2 Å². The maximum Gasteiger partial charge on any atom is 0.247 e. The zero-order chi connectivity index (χ0) is 16.7. The fraction of sp³-hybridized carbons (Fsp3) is 0.375. The summed E-state index contributed by atoms with van der Waals surface area (Å²) in [5.41, 5.74) is 0.911. The Kier molecular flexibility index (Phi) is 3.68. The number of thiocarbonyl (C=S) groups is 1. The van der Waals surface area contributed by atoms with Gasteiger partial charge in [-0.2, -0.15) is 0 Å². The first kappa shape index (κ1) is 15.1. The highest BCUT2D eigenvalue weighted by Crippen LogP contribution is 2.33. The smallest absolute Gasteiger partial charge is 0.247 e. The monoisotopic (exact) mass is 345 g/mol. The van der Waals surface area contributed by atoms with Crippen LogP contribution in [-0.4, -0.2) is 40.9 Å². The average molecular weight is 345 g/mol. The molecule has 8 heteroatoms. The normalized spacial score (nSPS) is 23.1. The van der Waals surface area contributed by atoms with Crippen LogP contribution in [0.2, 0.25) is 0 Å². The summed E-state index contributed by atoms with van der Waals surface area (Å²) in [6, 6.07) is 5.65. The van der Waals surface area contributed by atoms with Crippen molar-refractivity contribution in [3.8, 4) is 11.5 Å². The summed E-state index contributed by atoms with van der Waals surface area (Å²) < 4.78 is 10.6. The lowest BCUT2D eigenvalue weighted by molar-refractivity contribution is -0.138. The predicted molar refractivity (Wildman–Crippen MR) is 88.9 cm³/mol. The number of carbonyl (C=O) groups is 2. The van der Waals surface area contributed by atoms with E-state index in [1.165, 1.54) is 11.1 Å². The molecule has 1 atom stereocenters. The van der Waals surface area contributed by atoms with Gasteiger partial charge in [0, 0.05) is 12.3 Å². The minimum absolute atomic E-state index is 0.121. The highest BCUT2D eigenvalue weighted by atomic mass is 32.1. The molecular formula is C16H15N3O4S. The number of aliphatic imine (C=N–C) groups is 1. The van der Waals surface area contributed by atoms with Crippen molar-refractivity contribution in [1.29, 1.82) is 0 Å². The average Bonchev–Trinajstić information content (AvgIpc) is 3.26. The maximum atomic E-state index is 12.5. The van der Waals surface area contributed by atoms with Crippen LogP contribution in [0.4, 0.5) is 0 Å². The van der Waals surface area contributed by atoms with E-state index in [9.17, 15) is 9.59 Å². The minimum Gasteiger partial charge on any atom is -0.454 e. The number of nitrogens with zero attached hydrogens (tertiary/aromatic N) is 2. The number of benzene rings is 1. The van der Waals surface area contributed by atoms with Crippen molar-refractivity contribution in [3.05, 3.63) is 23.8 Å². The number of fused-ring (bicyclic) bond motifs is 1. The molecule has 1 unspecified atom stereocenters. The first-order valence-corrected chi connectivity index (χ1v) is 8.10. The molecule has 1 N–H and O–H groups in total. The summed E-state index contributed by atoms with van der Waals surface area (Å²) >= 11 is 5.09. The SMILES string of the molecule is O=C1NC(=S)N(C2CC2)C(=O)C1C=NCc1ccc2c(c1)OCO2. The molecule has 0 radical (unpaired) electrons. The Labute approximate surface area is 143 Å². The van der Waals surface area contributed by atoms with E-state index in [1.807, 2.05) is 18.2 Å². The highest BCUT2D eigenvalue weighted by molar-refractivity contribution is 7.80. The lowest BCUT2D eigenvalue weighted by atomic mass is 10.1. The van der Waals surface area contributed by atoms with E-state index in [4.69, 9.17) is 21.7 Å². The standard InChI is InChI=1S/C16H15N3O4S/c20-14-11(15(21)19(10-2-3-10)16(24)18-14)7-17-6-9-1-4-12-13(5-9)23-8-22-12/h1,4-5,7,10-11H,2-3,6,8H2,(H,18,20,24). The molecule has 2 fully saturated rings. The summed E-state index contributed by atoms with van der Waals surface area (Å²) in [6.45, 7) is 0.567. The van der Waals surface area contributed by atoms with Crippen molar-refractivity contribution >= 4 is 35.4 Å². The molecule has 0 aromatic heterocycles. The second kappa shape index (κ2) is 5.86. The Hall–Kier alpha value is -2.48. The Morgan fingerprint density at radius 2 is 2.08 bits per heavy atom. The molecule has 3 aliphatic rings. The van der Waals surface area contributed by atoms with Crippen LogP contribution in [-0.2, 0) is 16.1 Å². The third-order valence-electron chi connectivity index (χ3n) is 4.11. The van der Waals surface area contributed by atoms with Crippen LogP contribution in [0.5, 0.6) is 11.5 Å². The first-order valence-electron chi connectivity index (χ1n) is 7.70. The van der Waals surface area contributed by atoms with Gasteiger partial charge in [-0.05, 0) is 42.8 Å². The second-order valence-electron chi connectivity index (χ2n) is 5.89. The van der Waals surface area contributed by atoms with E-state index in [0.717, 1.165) is 18.4 Å². The molecule has 1 aliphatic carbocycles. The van der Waals surface area contributed by atoms with Crippen molar-refractivity contribution in [2.75, 3.05) is 6.79 Å². The quantitative estimate of drug-likeness (QED) is 0.500. The third-order valence-corrected chi connectivity index (χ3v) is 4.41. The van der Waals surface area contributed by atoms with Crippen LogP contribution in [0.1, 0.15) is 18.4 Å². The zero-order valence-electron chi connectivity index (χ0n) is 12.7. The van der Waals surface area contributed by atoms with Crippen LogP contribution < -0.4 is 14.8 Å². The molecular weight excluding hydrogens is 330 g/mol. The molecule has 0 bridgehead atoms. The summed E-state index contributed by atoms with van der Waals surface area (Å²) in [5, 5.41) is 2.79. The van der Waals surface area contributed by atoms with Gasteiger partial charge in [-0.1, -0.05) is 6.07 Å². The van der Waals surface area contributed by atoms with E-state index in [2.05, 4.69) is 10.3 Å². The Morgan fingerprint density at radius 3 is 2.88 bits per heavy atom. The van der Waals surface area contributed by atoms with Gasteiger partial charge in [-0.25, -0.2) is 0 Å². The van der Waals surface area contributed by atoms with E-state index >= 15 is 0 Å². The van der Waals surface area contributed by atoms with Gasteiger partial charge in [0.1, 0.15) is 0 Å². The van der Waals surface area contributed by atoms with Crippen molar-refractivity contribution in [1.82, 2.24) is 10.2 Å². The molecule has 7 nitrogen and oxygen atoms in total. The fourth-order valence-electron chi connectivity index (χ4n) is 2.72. The number of nitrogens with one attached hydrogen (secondary N) is 1. The molecule has 4 rings (SSSR count). The number of carbonyl (C=O) groups excluding carboxylic acids is 2.